The molecule has 15 heavy (non-hydrogen) atoms. The average molecular weight is 211 g/mol. The van der Waals surface area contributed by atoms with Gasteiger partial charge in [-0.1, -0.05) is 0 Å². The van der Waals surface area contributed by atoms with Crippen LogP contribution in [0.15, 0.2) is 0 Å². The molecule has 0 saturated carbocycles. The summed E-state index contributed by atoms with van der Waals surface area (Å²) in [5.41, 5.74) is 6.41. The minimum atomic E-state index is -0.0329. The van der Waals surface area contributed by atoms with Crippen LogP contribution in [0.3, 0.4) is 0 Å². The van der Waals surface area contributed by atoms with Gasteiger partial charge in [0.1, 0.15) is 0 Å². The van der Waals surface area contributed by atoms with Crippen LogP contribution in [0, 0.1) is 0 Å². The van der Waals surface area contributed by atoms with Crippen molar-refractivity contribution < 1.29 is 9.47 Å². The van der Waals surface area contributed by atoms with Gasteiger partial charge in [0.15, 0.2) is 0 Å². The fraction of sp³-hybridized carbons (Fsp3) is 1.00. The fourth-order valence-electron chi connectivity index (χ4n) is 3.40. The average Bonchev–Trinajstić information content (AvgIpc) is 2.90. The molecule has 3 heteroatoms. The van der Waals surface area contributed by atoms with Crippen LogP contribution in [0.1, 0.15) is 44.9 Å². The lowest BCUT2D eigenvalue weighted by molar-refractivity contribution is 0.0693. The first-order valence-corrected chi connectivity index (χ1v) is 6.32. The van der Waals surface area contributed by atoms with E-state index < -0.39 is 0 Å². The standard InChI is InChI=1S/C12H21NO2/c13-12(6-5-9-2-1-7-14-9)8-10-3-4-11(12)15-10/h9-11H,1-8,13H2. The Kier molecular flexibility index (Phi) is 2.49. The maximum atomic E-state index is 6.44. The van der Waals surface area contributed by atoms with Crippen molar-refractivity contribution in [3.8, 4) is 0 Å². The zero-order valence-corrected chi connectivity index (χ0v) is 9.28. The minimum absolute atomic E-state index is 0.0329. The van der Waals surface area contributed by atoms with Crippen LogP contribution in [0.25, 0.3) is 0 Å². The highest BCUT2D eigenvalue weighted by Crippen LogP contribution is 2.43. The Labute approximate surface area is 91.3 Å². The molecule has 3 nitrogen and oxygen atoms in total. The van der Waals surface area contributed by atoms with Gasteiger partial charge in [-0.25, -0.2) is 0 Å². The highest BCUT2D eigenvalue weighted by molar-refractivity contribution is 5.04. The molecule has 0 amide bonds. The second-order valence-electron chi connectivity index (χ2n) is 5.44. The highest BCUT2D eigenvalue weighted by atomic mass is 16.5. The van der Waals surface area contributed by atoms with Gasteiger partial charge in [0.25, 0.3) is 0 Å². The Morgan fingerprint density at radius 3 is 2.80 bits per heavy atom. The number of nitrogens with two attached hydrogens (primary N) is 1. The first-order chi connectivity index (χ1) is 7.26. The topological polar surface area (TPSA) is 44.5 Å². The normalized spacial score (nSPS) is 49.0. The molecule has 0 aromatic heterocycles. The Balaban J connectivity index is 1.53. The maximum absolute atomic E-state index is 6.44. The molecule has 3 aliphatic rings. The molecule has 0 radical (unpaired) electrons. The lowest BCUT2D eigenvalue weighted by atomic mass is 9.78. The number of hydrogen-bond acceptors (Lipinski definition) is 3. The first-order valence-electron chi connectivity index (χ1n) is 6.32. The summed E-state index contributed by atoms with van der Waals surface area (Å²) in [5, 5.41) is 0. The second kappa shape index (κ2) is 3.72. The molecule has 3 fully saturated rings. The zero-order valence-electron chi connectivity index (χ0n) is 9.28. The smallest absolute Gasteiger partial charge is 0.0760 e. The van der Waals surface area contributed by atoms with Gasteiger partial charge in [-0.2, -0.15) is 0 Å². The molecule has 4 unspecified atom stereocenters. The predicted octanol–water partition coefficient (Wildman–Crippen LogP) is 1.59. The number of hydrogen-bond donors (Lipinski definition) is 1. The van der Waals surface area contributed by atoms with Gasteiger partial charge in [-0.05, 0) is 44.9 Å². The van der Waals surface area contributed by atoms with E-state index in [1.165, 1.54) is 25.7 Å². The third kappa shape index (κ3) is 1.81. The molecular weight excluding hydrogens is 190 g/mol. The van der Waals surface area contributed by atoms with Crippen molar-refractivity contribution in [1.82, 2.24) is 0 Å². The highest BCUT2D eigenvalue weighted by Gasteiger charge is 2.49. The fourth-order valence-corrected chi connectivity index (χ4v) is 3.40. The molecule has 0 spiro atoms. The summed E-state index contributed by atoms with van der Waals surface area (Å²) < 4.78 is 11.5. The van der Waals surface area contributed by atoms with Gasteiger partial charge in [-0.15, -0.1) is 0 Å². The van der Waals surface area contributed by atoms with Crippen LogP contribution in [0.2, 0.25) is 0 Å². The van der Waals surface area contributed by atoms with Gasteiger partial charge < -0.3 is 15.2 Å². The Morgan fingerprint density at radius 1 is 1.27 bits per heavy atom. The summed E-state index contributed by atoms with van der Waals surface area (Å²) in [5.74, 6) is 0. The zero-order chi connectivity index (χ0) is 10.3. The van der Waals surface area contributed by atoms with Crippen molar-refractivity contribution in [3.63, 3.8) is 0 Å². The van der Waals surface area contributed by atoms with Crippen molar-refractivity contribution in [1.29, 1.82) is 0 Å². The predicted molar refractivity (Wildman–Crippen MR) is 57.6 cm³/mol. The van der Waals surface area contributed by atoms with E-state index in [-0.39, 0.29) is 5.54 Å². The van der Waals surface area contributed by atoms with Crippen molar-refractivity contribution in [2.75, 3.05) is 6.61 Å². The van der Waals surface area contributed by atoms with Crippen LogP contribution < -0.4 is 5.73 Å². The molecule has 3 heterocycles. The number of ether oxygens (including phenoxy) is 2. The van der Waals surface area contributed by atoms with E-state index in [2.05, 4.69) is 0 Å². The number of fused-ring (bicyclic) bond motifs is 2. The van der Waals surface area contributed by atoms with Crippen molar-refractivity contribution in [2.24, 2.45) is 5.73 Å². The van der Waals surface area contributed by atoms with Crippen molar-refractivity contribution >= 4 is 0 Å². The van der Waals surface area contributed by atoms with E-state index in [1.807, 2.05) is 0 Å². The molecule has 3 saturated heterocycles. The summed E-state index contributed by atoms with van der Waals surface area (Å²) in [6, 6.07) is 0. The molecule has 2 N–H and O–H groups in total. The van der Waals surface area contributed by atoms with Crippen molar-refractivity contribution in [3.05, 3.63) is 0 Å². The Morgan fingerprint density at radius 2 is 2.20 bits per heavy atom. The van der Waals surface area contributed by atoms with Gasteiger partial charge >= 0.3 is 0 Å². The largest absolute Gasteiger partial charge is 0.378 e. The van der Waals surface area contributed by atoms with Crippen LogP contribution in [0.4, 0.5) is 0 Å². The third-order valence-corrected chi connectivity index (χ3v) is 4.31. The first kappa shape index (κ1) is 10.1. The van der Waals surface area contributed by atoms with E-state index in [9.17, 15) is 0 Å². The SMILES string of the molecule is NC1(CCC2CCCO2)CC2CCC1O2. The molecule has 86 valence electrons. The summed E-state index contributed by atoms with van der Waals surface area (Å²) >= 11 is 0. The number of rotatable bonds is 3. The summed E-state index contributed by atoms with van der Waals surface area (Å²) in [6.07, 6.45) is 9.41. The van der Waals surface area contributed by atoms with Crippen LogP contribution in [0.5, 0.6) is 0 Å². The van der Waals surface area contributed by atoms with Gasteiger partial charge in [0.05, 0.1) is 18.3 Å². The Bertz CT molecular complexity index is 240. The monoisotopic (exact) mass is 211 g/mol. The van der Waals surface area contributed by atoms with E-state index >= 15 is 0 Å². The van der Waals surface area contributed by atoms with Crippen LogP contribution in [-0.2, 0) is 9.47 Å². The molecule has 3 rings (SSSR count). The van der Waals surface area contributed by atoms with Gasteiger partial charge in [-0.3, -0.25) is 0 Å². The third-order valence-electron chi connectivity index (χ3n) is 4.31. The summed E-state index contributed by atoms with van der Waals surface area (Å²) in [4.78, 5) is 0. The van der Waals surface area contributed by atoms with Crippen LogP contribution in [-0.4, -0.2) is 30.5 Å². The van der Waals surface area contributed by atoms with E-state index in [4.69, 9.17) is 15.2 Å². The second-order valence-corrected chi connectivity index (χ2v) is 5.44. The van der Waals surface area contributed by atoms with Gasteiger partial charge in [0, 0.05) is 12.1 Å². The van der Waals surface area contributed by atoms with Gasteiger partial charge in [0.2, 0.25) is 0 Å². The summed E-state index contributed by atoms with van der Waals surface area (Å²) in [7, 11) is 0. The molecule has 4 atom stereocenters. The lowest BCUT2D eigenvalue weighted by Gasteiger charge is -2.31. The lowest BCUT2D eigenvalue weighted by Crippen LogP contribution is -2.49. The molecule has 3 aliphatic heterocycles. The van der Waals surface area contributed by atoms with Crippen LogP contribution >= 0.6 is 0 Å². The van der Waals surface area contributed by atoms with E-state index in [0.717, 1.165) is 25.9 Å². The molecule has 2 bridgehead atoms. The quantitative estimate of drug-likeness (QED) is 0.771. The molecule has 0 aromatic carbocycles. The molecule has 0 aliphatic carbocycles. The van der Waals surface area contributed by atoms with Crippen molar-refractivity contribution in [2.45, 2.75) is 68.8 Å². The summed E-state index contributed by atoms with van der Waals surface area (Å²) in [6.45, 7) is 0.949. The van der Waals surface area contributed by atoms with E-state index in [0.29, 0.717) is 18.3 Å². The van der Waals surface area contributed by atoms with E-state index in [1.54, 1.807) is 0 Å². The Hall–Kier alpha value is -0.120. The minimum Gasteiger partial charge on any atom is -0.378 e. The molecular formula is C12H21NO2. The molecule has 0 aromatic rings. The maximum Gasteiger partial charge on any atom is 0.0760 e.